The van der Waals surface area contributed by atoms with E-state index in [2.05, 4.69) is 5.32 Å². The molecular formula is C27H21N3O5. The van der Waals surface area contributed by atoms with E-state index in [9.17, 15) is 24.0 Å². The minimum Gasteiger partial charge on any atom is -0.347 e. The molecule has 174 valence electrons. The Hall–Kier alpha value is -4.59. The predicted octanol–water partition coefficient (Wildman–Crippen LogP) is 3.82. The van der Waals surface area contributed by atoms with E-state index in [1.165, 1.54) is 18.2 Å². The molecule has 8 heteroatoms. The zero-order chi connectivity index (χ0) is 25.1. The first kappa shape index (κ1) is 22.2. The standard InChI is InChI=1S/C27H21N3O5/c1-27(2,3)28-22(31)15-12-16(29-23(32)18-8-4-5-9-19(18)24(29)33)14-17(13-15)30-25(34)20-10-6-7-11-21(20)26(30)35/h4-14H,1-3H3,(H,28,31). The zero-order valence-corrected chi connectivity index (χ0v) is 19.3. The normalized spacial score (nSPS) is 14.9. The molecule has 1 N–H and O–H groups in total. The second-order valence-electron chi connectivity index (χ2n) is 9.42. The van der Waals surface area contributed by atoms with Crippen molar-refractivity contribution in [3.05, 3.63) is 94.5 Å². The van der Waals surface area contributed by atoms with Crippen molar-refractivity contribution in [3.8, 4) is 0 Å². The smallest absolute Gasteiger partial charge is 0.266 e. The van der Waals surface area contributed by atoms with E-state index in [-0.39, 0.29) is 39.2 Å². The second-order valence-corrected chi connectivity index (χ2v) is 9.42. The first-order valence-corrected chi connectivity index (χ1v) is 11.0. The molecule has 0 spiro atoms. The van der Waals surface area contributed by atoms with Crippen LogP contribution >= 0.6 is 0 Å². The van der Waals surface area contributed by atoms with Gasteiger partial charge < -0.3 is 5.32 Å². The number of benzene rings is 3. The van der Waals surface area contributed by atoms with Crippen LogP contribution in [0.4, 0.5) is 11.4 Å². The number of nitrogens with one attached hydrogen (secondary N) is 1. The molecule has 0 unspecified atom stereocenters. The van der Waals surface area contributed by atoms with Gasteiger partial charge in [0.05, 0.1) is 33.6 Å². The highest BCUT2D eigenvalue weighted by atomic mass is 16.2. The maximum atomic E-state index is 13.1. The highest BCUT2D eigenvalue weighted by Crippen LogP contribution is 2.35. The van der Waals surface area contributed by atoms with E-state index < -0.39 is 35.1 Å². The van der Waals surface area contributed by atoms with Crippen molar-refractivity contribution in [2.45, 2.75) is 26.3 Å². The SMILES string of the molecule is CC(C)(C)NC(=O)c1cc(N2C(=O)c3ccccc3C2=O)cc(N2C(=O)c3ccccc3C2=O)c1. The lowest BCUT2D eigenvalue weighted by Gasteiger charge is -2.23. The Balaban J connectivity index is 1.65. The monoisotopic (exact) mass is 467 g/mol. The molecule has 0 radical (unpaired) electrons. The van der Waals surface area contributed by atoms with Crippen molar-refractivity contribution in [2.24, 2.45) is 0 Å². The van der Waals surface area contributed by atoms with Crippen LogP contribution in [-0.4, -0.2) is 35.1 Å². The van der Waals surface area contributed by atoms with Gasteiger partial charge >= 0.3 is 0 Å². The van der Waals surface area contributed by atoms with Crippen LogP contribution in [-0.2, 0) is 0 Å². The summed E-state index contributed by atoms with van der Waals surface area (Å²) in [5.41, 5.74) is 0.662. The Kier molecular flexibility index (Phi) is 4.91. The number of carbonyl (C=O) groups excluding carboxylic acids is 5. The van der Waals surface area contributed by atoms with Gasteiger partial charge in [-0.25, -0.2) is 9.80 Å². The fourth-order valence-electron chi connectivity index (χ4n) is 4.24. The minimum absolute atomic E-state index is 0.0873. The molecule has 35 heavy (non-hydrogen) atoms. The van der Waals surface area contributed by atoms with Crippen molar-refractivity contribution in [3.63, 3.8) is 0 Å². The molecule has 3 aromatic carbocycles. The van der Waals surface area contributed by atoms with Gasteiger partial charge in [0.1, 0.15) is 0 Å². The molecule has 0 saturated heterocycles. The van der Waals surface area contributed by atoms with Crippen LogP contribution in [0.25, 0.3) is 0 Å². The van der Waals surface area contributed by atoms with Gasteiger partial charge in [0.25, 0.3) is 29.5 Å². The van der Waals surface area contributed by atoms with Crippen molar-refractivity contribution >= 4 is 40.9 Å². The largest absolute Gasteiger partial charge is 0.347 e. The lowest BCUT2D eigenvalue weighted by Crippen LogP contribution is -2.41. The number of rotatable bonds is 3. The summed E-state index contributed by atoms with van der Waals surface area (Å²) in [7, 11) is 0. The maximum absolute atomic E-state index is 13.1. The molecule has 0 bridgehead atoms. The lowest BCUT2D eigenvalue weighted by atomic mass is 10.1. The van der Waals surface area contributed by atoms with Gasteiger partial charge in [0.15, 0.2) is 0 Å². The quantitative estimate of drug-likeness (QED) is 0.590. The molecule has 3 aromatic rings. The maximum Gasteiger partial charge on any atom is 0.266 e. The summed E-state index contributed by atoms with van der Waals surface area (Å²) in [5, 5.41) is 2.83. The van der Waals surface area contributed by atoms with E-state index in [1.807, 2.05) is 20.8 Å². The number of hydrogen-bond acceptors (Lipinski definition) is 5. The Bertz CT molecular complexity index is 1300. The fourth-order valence-corrected chi connectivity index (χ4v) is 4.24. The first-order valence-electron chi connectivity index (χ1n) is 11.0. The van der Waals surface area contributed by atoms with Crippen molar-refractivity contribution in [1.29, 1.82) is 0 Å². The minimum atomic E-state index is -0.571. The first-order chi connectivity index (χ1) is 16.6. The number of fused-ring (bicyclic) bond motifs is 2. The Morgan fingerprint density at radius 3 is 1.29 bits per heavy atom. The van der Waals surface area contributed by atoms with Crippen LogP contribution in [0, 0.1) is 0 Å². The third-order valence-corrected chi connectivity index (χ3v) is 5.76. The van der Waals surface area contributed by atoms with Gasteiger partial charge in [-0.2, -0.15) is 0 Å². The van der Waals surface area contributed by atoms with E-state index >= 15 is 0 Å². The highest BCUT2D eigenvalue weighted by Gasteiger charge is 2.40. The number of carbonyl (C=O) groups is 5. The zero-order valence-electron chi connectivity index (χ0n) is 19.3. The molecule has 2 aliphatic rings. The van der Waals surface area contributed by atoms with E-state index in [4.69, 9.17) is 0 Å². The van der Waals surface area contributed by atoms with Gasteiger partial charge in [-0.1, -0.05) is 24.3 Å². The summed E-state index contributed by atoms with van der Waals surface area (Å²) in [4.78, 5) is 67.4. The van der Waals surface area contributed by atoms with Gasteiger partial charge in [-0.3, -0.25) is 24.0 Å². The molecule has 2 heterocycles. The van der Waals surface area contributed by atoms with Crippen LogP contribution in [0.2, 0.25) is 0 Å². The molecule has 0 saturated carbocycles. The second kappa shape index (κ2) is 7.73. The van der Waals surface area contributed by atoms with Crippen LogP contribution in [0.3, 0.4) is 0 Å². The molecule has 5 rings (SSSR count). The Morgan fingerprint density at radius 1 is 0.629 bits per heavy atom. The van der Waals surface area contributed by atoms with Gasteiger partial charge in [-0.15, -0.1) is 0 Å². The summed E-state index contributed by atoms with van der Waals surface area (Å²) in [6, 6.07) is 17.1. The molecule has 0 aliphatic carbocycles. The molecule has 2 aliphatic heterocycles. The number of amides is 5. The molecule has 8 nitrogen and oxygen atoms in total. The number of imide groups is 2. The van der Waals surface area contributed by atoms with Gasteiger partial charge in [-0.05, 0) is 63.2 Å². The molecule has 0 atom stereocenters. The summed E-state index contributed by atoms with van der Waals surface area (Å²) >= 11 is 0. The molecule has 0 aromatic heterocycles. The van der Waals surface area contributed by atoms with Gasteiger partial charge in [0, 0.05) is 11.1 Å². The predicted molar refractivity (Wildman–Crippen MR) is 129 cm³/mol. The van der Waals surface area contributed by atoms with E-state index in [0.29, 0.717) is 0 Å². The number of nitrogens with zero attached hydrogens (tertiary/aromatic N) is 2. The van der Waals surface area contributed by atoms with Gasteiger partial charge in [0.2, 0.25) is 0 Å². The van der Waals surface area contributed by atoms with Crippen molar-refractivity contribution in [2.75, 3.05) is 9.80 Å². The summed E-state index contributed by atoms with van der Waals surface area (Å²) in [5.74, 6) is -2.67. The summed E-state index contributed by atoms with van der Waals surface area (Å²) < 4.78 is 0. The average Bonchev–Trinajstić information content (AvgIpc) is 3.22. The lowest BCUT2D eigenvalue weighted by molar-refractivity contribution is 0.0905. The molecular weight excluding hydrogens is 446 g/mol. The average molecular weight is 467 g/mol. The topological polar surface area (TPSA) is 104 Å². The Morgan fingerprint density at radius 2 is 0.971 bits per heavy atom. The van der Waals surface area contributed by atoms with Crippen LogP contribution in [0.5, 0.6) is 0 Å². The summed E-state index contributed by atoms with van der Waals surface area (Å²) in [6.45, 7) is 5.43. The van der Waals surface area contributed by atoms with Crippen molar-refractivity contribution < 1.29 is 24.0 Å². The number of hydrogen-bond donors (Lipinski definition) is 1. The third kappa shape index (κ3) is 3.59. The van der Waals surface area contributed by atoms with Crippen molar-refractivity contribution in [1.82, 2.24) is 5.32 Å². The highest BCUT2D eigenvalue weighted by molar-refractivity contribution is 6.36. The van der Waals surface area contributed by atoms with Crippen LogP contribution in [0.15, 0.2) is 66.7 Å². The van der Waals surface area contributed by atoms with E-state index in [0.717, 1.165) is 9.80 Å². The molecule has 0 fully saturated rings. The Labute approximate surface area is 201 Å². The summed E-state index contributed by atoms with van der Waals surface area (Å²) in [6.07, 6.45) is 0. The molecule has 5 amide bonds. The van der Waals surface area contributed by atoms with Crippen LogP contribution in [0.1, 0.15) is 72.6 Å². The van der Waals surface area contributed by atoms with E-state index in [1.54, 1.807) is 48.5 Å². The number of anilines is 2. The van der Waals surface area contributed by atoms with Crippen LogP contribution < -0.4 is 15.1 Å². The fraction of sp³-hybridized carbons (Fsp3) is 0.148. The third-order valence-electron chi connectivity index (χ3n) is 5.76.